The molecule has 2 N–H and O–H groups in total. The molecule has 0 aliphatic heterocycles. The van der Waals surface area contributed by atoms with Crippen LogP contribution < -0.4 is 5.32 Å². The van der Waals surface area contributed by atoms with E-state index in [-0.39, 0.29) is 0 Å². The Balaban J connectivity index is 2.01. The van der Waals surface area contributed by atoms with Crippen LogP contribution in [0.4, 0.5) is 5.69 Å². The Hall–Kier alpha value is -1.70. The third-order valence-electron chi connectivity index (χ3n) is 3.10. The van der Waals surface area contributed by atoms with Crippen LogP contribution in [0.1, 0.15) is 36.8 Å². The Morgan fingerprint density at radius 1 is 1.38 bits per heavy atom. The molecule has 0 aliphatic rings. The molecule has 110 valence electrons. The summed E-state index contributed by atoms with van der Waals surface area (Å²) in [6, 6.07) is 7.25. The maximum absolute atomic E-state index is 8.84. The normalized spacial score (nSPS) is 10.4. The predicted molar refractivity (Wildman–Crippen MR) is 85.7 cm³/mol. The van der Waals surface area contributed by atoms with Crippen LogP contribution in [0, 0.1) is 11.3 Å². The molecule has 0 amide bonds. The number of aryl methyl sites for hydroxylation is 1. The minimum absolute atomic E-state index is 0.432. The summed E-state index contributed by atoms with van der Waals surface area (Å²) in [5.74, 6) is 0.913. The molecule has 1 aromatic carbocycles. The van der Waals surface area contributed by atoms with E-state index in [2.05, 4.69) is 22.2 Å². The molecule has 2 rings (SSSR count). The number of nitrogens with one attached hydrogen (secondary N) is 2. The van der Waals surface area contributed by atoms with E-state index >= 15 is 0 Å². The molecular weight excluding hydrogens is 307 g/mol. The molecule has 2 aromatic rings. The number of anilines is 1. The van der Waals surface area contributed by atoms with Crippen LogP contribution in [0.5, 0.6) is 0 Å². The van der Waals surface area contributed by atoms with Gasteiger partial charge < -0.3 is 10.3 Å². The van der Waals surface area contributed by atoms with E-state index in [1.54, 1.807) is 12.1 Å². The Bertz CT molecular complexity index is 658. The molecular formula is C15H16Cl2N4. The zero-order valence-corrected chi connectivity index (χ0v) is 13.2. The number of halogens is 2. The summed E-state index contributed by atoms with van der Waals surface area (Å²) in [5.41, 5.74) is 2.15. The van der Waals surface area contributed by atoms with E-state index in [4.69, 9.17) is 28.5 Å². The lowest BCUT2D eigenvalue weighted by atomic mass is 10.2. The first-order chi connectivity index (χ1) is 10.1. The van der Waals surface area contributed by atoms with Gasteiger partial charge in [-0.15, -0.1) is 0 Å². The number of benzene rings is 1. The molecule has 0 spiro atoms. The average molecular weight is 323 g/mol. The number of nitrogens with zero attached hydrogens (tertiary/aromatic N) is 2. The largest absolute Gasteiger partial charge is 0.379 e. The average Bonchev–Trinajstić information content (AvgIpc) is 2.83. The van der Waals surface area contributed by atoms with Crippen LogP contribution in [0.2, 0.25) is 10.2 Å². The van der Waals surface area contributed by atoms with E-state index in [9.17, 15) is 0 Å². The quantitative estimate of drug-likeness (QED) is 0.820. The molecule has 21 heavy (non-hydrogen) atoms. The number of H-pyrrole nitrogens is 1. The van der Waals surface area contributed by atoms with Gasteiger partial charge in [0, 0.05) is 12.1 Å². The minimum atomic E-state index is 0.432. The van der Waals surface area contributed by atoms with Gasteiger partial charge in [0.15, 0.2) is 5.15 Å². The molecule has 0 saturated carbocycles. The Morgan fingerprint density at radius 3 is 2.86 bits per heavy atom. The van der Waals surface area contributed by atoms with Crippen molar-refractivity contribution in [3.8, 4) is 6.07 Å². The maximum atomic E-state index is 8.84. The van der Waals surface area contributed by atoms with Gasteiger partial charge in [0.1, 0.15) is 11.9 Å². The molecule has 0 unspecified atom stereocenters. The number of aromatic amines is 1. The number of aromatic nitrogens is 2. The van der Waals surface area contributed by atoms with Crippen LogP contribution in [0.25, 0.3) is 0 Å². The van der Waals surface area contributed by atoms with Gasteiger partial charge in [-0.05, 0) is 24.6 Å². The van der Waals surface area contributed by atoms with Crippen molar-refractivity contribution in [2.75, 3.05) is 5.32 Å². The number of rotatable bonds is 6. The number of unbranched alkanes of at least 4 members (excludes halogenated alkanes) is 1. The summed E-state index contributed by atoms with van der Waals surface area (Å²) >= 11 is 12.1. The first kappa shape index (κ1) is 15.7. The van der Waals surface area contributed by atoms with Crippen LogP contribution >= 0.6 is 23.2 Å². The van der Waals surface area contributed by atoms with Crippen molar-refractivity contribution in [2.45, 2.75) is 32.7 Å². The summed E-state index contributed by atoms with van der Waals surface area (Å²) in [4.78, 5) is 7.54. The fraction of sp³-hybridized carbons (Fsp3) is 0.333. The van der Waals surface area contributed by atoms with Crippen LogP contribution in [0.15, 0.2) is 18.2 Å². The second kappa shape index (κ2) is 7.35. The Kier molecular flexibility index (Phi) is 5.49. The lowest BCUT2D eigenvalue weighted by Gasteiger charge is -2.06. The smallest absolute Gasteiger partial charge is 0.152 e. The minimum Gasteiger partial charge on any atom is -0.379 e. The molecule has 0 atom stereocenters. The molecule has 0 radical (unpaired) electrons. The van der Waals surface area contributed by atoms with Gasteiger partial charge in [-0.1, -0.05) is 36.5 Å². The van der Waals surface area contributed by atoms with E-state index < -0.39 is 0 Å². The van der Waals surface area contributed by atoms with Gasteiger partial charge in [0.25, 0.3) is 0 Å². The predicted octanol–water partition coefficient (Wildman–Crippen LogP) is 4.54. The van der Waals surface area contributed by atoms with Gasteiger partial charge in [-0.25, -0.2) is 4.98 Å². The number of hydrogen-bond acceptors (Lipinski definition) is 3. The number of hydrogen-bond donors (Lipinski definition) is 2. The van der Waals surface area contributed by atoms with Gasteiger partial charge in [0.2, 0.25) is 0 Å². The van der Waals surface area contributed by atoms with Gasteiger partial charge >= 0.3 is 0 Å². The highest BCUT2D eigenvalue weighted by atomic mass is 35.5. The van der Waals surface area contributed by atoms with E-state index in [1.807, 2.05) is 12.1 Å². The fourth-order valence-electron chi connectivity index (χ4n) is 1.93. The molecule has 1 heterocycles. The molecule has 0 aliphatic carbocycles. The Labute approximate surface area is 134 Å². The topological polar surface area (TPSA) is 64.5 Å². The van der Waals surface area contributed by atoms with Crippen LogP contribution in [-0.2, 0) is 13.0 Å². The summed E-state index contributed by atoms with van der Waals surface area (Å²) < 4.78 is 0. The van der Waals surface area contributed by atoms with E-state index in [1.165, 1.54) is 0 Å². The Morgan fingerprint density at radius 2 is 2.19 bits per heavy atom. The molecule has 0 bridgehead atoms. The van der Waals surface area contributed by atoms with Crippen molar-refractivity contribution >= 4 is 28.9 Å². The summed E-state index contributed by atoms with van der Waals surface area (Å²) in [6.45, 7) is 2.67. The highest BCUT2D eigenvalue weighted by Gasteiger charge is 2.08. The standard InChI is InChI=1S/C15H16Cl2N4/c1-2-3-4-14-20-13(15(17)21-14)9-19-11-6-5-10(8-18)12(16)7-11/h5-7,19H,2-4,9H2,1H3,(H,20,21). The molecule has 4 nitrogen and oxygen atoms in total. The van der Waals surface area contributed by atoms with Crippen molar-refractivity contribution in [1.82, 2.24) is 9.97 Å². The second-order valence-corrected chi connectivity index (χ2v) is 5.48. The highest BCUT2D eigenvalue weighted by molar-refractivity contribution is 6.32. The molecule has 6 heteroatoms. The van der Waals surface area contributed by atoms with Gasteiger partial charge in [-0.3, -0.25) is 0 Å². The first-order valence-corrected chi connectivity index (χ1v) is 7.56. The van der Waals surface area contributed by atoms with E-state index in [0.717, 1.165) is 36.5 Å². The van der Waals surface area contributed by atoms with E-state index in [0.29, 0.717) is 22.3 Å². The third kappa shape index (κ3) is 4.13. The van der Waals surface area contributed by atoms with Crippen molar-refractivity contribution in [3.05, 3.63) is 45.5 Å². The lowest BCUT2D eigenvalue weighted by molar-refractivity contribution is 0.760. The SMILES string of the molecule is CCCCc1nc(Cl)c(CNc2ccc(C#N)c(Cl)c2)[nH]1. The van der Waals surface area contributed by atoms with Crippen molar-refractivity contribution in [1.29, 1.82) is 5.26 Å². The molecule has 0 fully saturated rings. The van der Waals surface area contributed by atoms with Crippen LogP contribution in [0.3, 0.4) is 0 Å². The zero-order chi connectivity index (χ0) is 15.2. The fourth-order valence-corrected chi connectivity index (χ4v) is 2.36. The number of nitriles is 1. The van der Waals surface area contributed by atoms with Crippen molar-refractivity contribution < 1.29 is 0 Å². The monoisotopic (exact) mass is 322 g/mol. The van der Waals surface area contributed by atoms with Crippen LogP contribution in [-0.4, -0.2) is 9.97 Å². The lowest BCUT2D eigenvalue weighted by Crippen LogP contribution is -2.01. The van der Waals surface area contributed by atoms with Gasteiger partial charge in [-0.2, -0.15) is 5.26 Å². The second-order valence-electron chi connectivity index (χ2n) is 4.72. The number of imidazole rings is 1. The van der Waals surface area contributed by atoms with Crippen molar-refractivity contribution in [2.24, 2.45) is 0 Å². The summed E-state index contributed by atoms with van der Waals surface area (Å²) in [6.07, 6.45) is 3.11. The maximum Gasteiger partial charge on any atom is 0.152 e. The molecule has 0 saturated heterocycles. The summed E-state index contributed by atoms with van der Waals surface area (Å²) in [7, 11) is 0. The molecule has 1 aromatic heterocycles. The zero-order valence-electron chi connectivity index (χ0n) is 11.7. The summed E-state index contributed by atoms with van der Waals surface area (Å²) in [5, 5.41) is 13.0. The van der Waals surface area contributed by atoms with Gasteiger partial charge in [0.05, 0.1) is 22.8 Å². The van der Waals surface area contributed by atoms with Crippen molar-refractivity contribution in [3.63, 3.8) is 0 Å². The first-order valence-electron chi connectivity index (χ1n) is 6.80. The third-order valence-corrected chi connectivity index (χ3v) is 3.73. The highest BCUT2D eigenvalue weighted by Crippen LogP contribution is 2.21.